The van der Waals surface area contributed by atoms with E-state index < -0.39 is 11.9 Å². The fourth-order valence-electron chi connectivity index (χ4n) is 1.61. The molecular weight excluding hydrogens is 270 g/mol. The molecule has 2 heterocycles. The highest BCUT2D eigenvalue weighted by molar-refractivity contribution is 6.31. The van der Waals surface area contributed by atoms with Crippen LogP contribution in [-0.4, -0.2) is 26.5 Å². The molecule has 19 heavy (non-hydrogen) atoms. The number of carboxylic acids is 1. The Kier molecular flexibility index (Phi) is 3.52. The van der Waals surface area contributed by atoms with Gasteiger partial charge in [-0.3, -0.25) is 4.79 Å². The number of amides is 1. The van der Waals surface area contributed by atoms with Crippen molar-refractivity contribution in [3.8, 4) is 0 Å². The topological polar surface area (TPSA) is 84.2 Å². The van der Waals surface area contributed by atoms with Gasteiger partial charge >= 0.3 is 5.97 Å². The van der Waals surface area contributed by atoms with Crippen LogP contribution < -0.4 is 5.32 Å². The van der Waals surface area contributed by atoms with Crippen molar-refractivity contribution in [1.29, 1.82) is 0 Å². The Bertz CT molecular complexity index is 651. The summed E-state index contributed by atoms with van der Waals surface area (Å²) in [4.78, 5) is 26.7. The number of hydrogen-bond acceptors (Lipinski definition) is 3. The second kappa shape index (κ2) is 5.11. The summed E-state index contributed by atoms with van der Waals surface area (Å²) in [5, 5.41) is 11.9. The number of nitrogens with zero attached hydrogens (tertiary/aromatic N) is 2. The number of hydrogen-bond donors (Lipinski definition) is 2. The van der Waals surface area contributed by atoms with Crippen molar-refractivity contribution in [3.05, 3.63) is 47.0 Å². The number of aromatic carboxylic acids is 1. The van der Waals surface area contributed by atoms with Crippen LogP contribution in [0, 0.1) is 0 Å². The lowest BCUT2D eigenvalue weighted by molar-refractivity contribution is 0.0692. The maximum Gasteiger partial charge on any atom is 0.356 e. The normalized spacial score (nSPS) is 10.2. The van der Waals surface area contributed by atoms with E-state index in [-0.39, 0.29) is 11.4 Å². The largest absolute Gasteiger partial charge is 0.476 e. The molecule has 0 bridgehead atoms. The summed E-state index contributed by atoms with van der Waals surface area (Å²) in [6, 6.07) is 4.51. The van der Waals surface area contributed by atoms with E-state index >= 15 is 0 Å². The van der Waals surface area contributed by atoms with E-state index in [2.05, 4.69) is 10.3 Å². The number of carbonyl (C=O) groups is 2. The average Bonchev–Trinajstić information content (AvgIpc) is 2.69. The lowest BCUT2D eigenvalue weighted by atomic mass is 10.3. The zero-order chi connectivity index (χ0) is 14.0. The molecule has 98 valence electrons. The van der Waals surface area contributed by atoms with Crippen LogP contribution in [0.25, 0.3) is 0 Å². The highest BCUT2D eigenvalue weighted by Crippen LogP contribution is 2.16. The lowest BCUT2D eigenvalue weighted by Crippen LogP contribution is -2.18. The van der Waals surface area contributed by atoms with E-state index in [1.165, 1.54) is 18.3 Å². The Labute approximate surface area is 113 Å². The molecular formula is C12H10ClN3O3. The Morgan fingerprint density at radius 3 is 2.79 bits per heavy atom. The van der Waals surface area contributed by atoms with E-state index in [1.54, 1.807) is 23.9 Å². The molecule has 2 N–H and O–H groups in total. The van der Waals surface area contributed by atoms with Gasteiger partial charge < -0.3 is 15.0 Å². The Morgan fingerprint density at radius 1 is 1.47 bits per heavy atom. The number of carbonyl (C=O) groups excluding carboxylic acids is 1. The fourth-order valence-corrected chi connectivity index (χ4v) is 1.86. The SMILES string of the molecule is Cn1cc(Cl)cc1C(=O)Nc1cccnc1C(=O)O. The van der Waals surface area contributed by atoms with E-state index in [9.17, 15) is 9.59 Å². The number of carboxylic acid groups (broad SMARTS) is 1. The maximum absolute atomic E-state index is 12.0. The van der Waals surface area contributed by atoms with Gasteiger partial charge in [0.05, 0.1) is 10.7 Å². The van der Waals surface area contributed by atoms with Gasteiger partial charge in [0, 0.05) is 19.4 Å². The molecule has 2 aromatic rings. The zero-order valence-electron chi connectivity index (χ0n) is 9.92. The maximum atomic E-state index is 12.0. The van der Waals surface area contributed by atoms with Crippen molar-refractivity contribution < 1.29 is 14.7 Å². The molecule has 0 unspecified atom stereocenters. The molecule has 0 aliphatic carbocycles. The molecule has 7 heteroatoms. The monoisotopic (exact) mass is 279 g/mol. The number of rotatable bonds is 3. The molecule has 0 fully saturated rings. The first-order valence-corrected chi connectivity index (χ1v) is 5.68. The van der Waals surface area contributed by atoms with Crippen LogP contribution in [-0.2, 0) is 7.05 Å². The van der Waals surface area contributed by atoms with Crippen molar-refractivity contribution in [2.45, 2.75) is 0 Å². The highest BCUT2D eigenvalue weighted by Gasteiger charge is 2.16. The number of nitrogens with one attached hydrogen (secondary N) is 1. The molecule has 6 nitrogen and oxygen atoms in total. The number of aryl methyl sites for hydroxylation is 1. The summed E-state index contributed by atoms with van der Waals surface area (Å²) >= 11 is 5.79. The van der Waals surface area contributed by atoms with Crippen molar-refractivity contribution in [1.82, 2.24) is 9.55 Å². The third kappa shape index (κ3) is 2.74. The van der Waals surface area contributed by atoms with Crippen molar-refractivity contribution in [3.63, 3.8) is 0 Å². The number of pyridine rings is 1. The van der Waals surface area contributed by atoms with Gasteiger partial charge in [-0.25, -0.2) is 9.78 Å². The van der Waals surface area contributed by atoms with E-state index in [0.717, 1.165) is 0 Å². The third-order valence-electron chi connectivity index (χ3n) is 2.46. The fraction of sp³-hybridized carbons (Fsp3) is 0.0833. The third-order valence-corrected chi connectivity index (χ3v) is 2.67. The van der Waals surface area contributed by atoms with Crippen molar-refractivity contribution in [2.75, 3.05) is 5.32 Å². The second-order valence-corrected chi connectivity index (χ2v) is 4.25. The van der Waals surface area contributed by atoms with Crippen LogP contribution in [0.15, 0.2) is 30.6 Å². The van der Waals surface area contributed by atoms with Gasteiger partial charge in [-0.2, -0.15) is 0 Å². The summed E-state index contributed by atoms with van der Waals surface area (Å²) < 4.78 is 1.55. The van der Waals surface area contributed by atoms with Gasteiger partial charge in [0.1, 0.15) is 5.69 Å². The van der Waals surface area contributed by atoms with Gasteiger partial charge in [-0.05, 0) is 18.2 Å². The quantitative estimate of drug-likeness (QED) is 0.900. The minimum atomic E-state index is -1.21. The number of aromatic nitrogens is 2. The van der Waals surface area contributed by atoms with Gasteiger partial charge in [0.2, 0.25) is 0 Å². The summed E-state index contributed by atoms with van der Waals surface area (Å²) in [7, 11) is 1.67. The summed E-state index contributed by atoms with van der Waals surface area (Å²) in [5.41, 5.74) is 0.249. The van der Waals surface area contributed by atoms with Gasteiger partial charge in [0.25, 0.3) is 5.91 Å². The smallest absolute Gasteiger partial charge is 0.356 e. The zero-order valence-corrected chi connectivity index (χ0v) is 10.7. The van der Waals surface area contributed by atoms with Crippen LogP contribution >= 0.6 is 11.6 Å². The van der Waals surface area contributed by atoms with Crippen LogP contribution in [0.1, 0.15) is 21.0 Å². The molecule has 0 atom stereocenters. The van der Waals surface area contributed by atoms with Crippen LogP contribution in [0.3, 0.4) is 0 Å². The van der Waals surface area contributed by atoms with E-state index in [4.69, 9.17) is 16.7 Å². The molecule has 0 aromatic carbocycles. The predicted octanol–water partition coefficient (Wildman–Crippen LogP) is 2.02. The second-order valence-electron chi connectivity index (χ2n) is 3.81. The highest BCUT2D eigenvalue weighted by atomic mass is 35.5. The Morgan fingerprint density at radius 2 is 2.21 bits per heavy atom. The Balaban J connectivity index is 2.29. The minimum absolute atomic E-state index is 0.136. The minimum Gasteiger partial charge on any atom is -0.476 e. The van der Waals surface area contributed by atoms with Crippen LogP contribution in [0.4, 0.5) is 5.69 Å². The molecule has 2 rings (SSSR count). The first-order valence-electron chi connectivity index (χ1n) is 5.30. The van der Waals surface area contributed by atoms with E-state index in [0.29, 0.717) is 10.7 Å². The van der Waals surface area contributed by atoms with Gasteiger partial charge in [-0.15, -0.1) is 0 Å². The van der Waals surface area contributed by atoms with Crippen molar-refractivity contribution >= 4 is 29.2 Å². The molecule has 0 aliphatic rings. The first-order chi connectivity index (χ1) is 8.99. The predicted molar refractivity (Wildman–Crippen MR) is 69.6 cm³/mol. The van der Waals surface area contributed by atoms with Crippen molar-refractivity contribution in [2.24, 2.45) is 7.05 Å². The van der Waals surface area contributed by atoms with Gasteiger partial charge in [-0.1, -0.05) is 11.6 Å². The van der Waals surface area contributed by atoms with E-state index in [1.807, 2.05) is 0 Å². The summed E-state index contributed by atoms with van der Waals surface area (Å²) in [6.07, 6.45) is 2.93. The molecule has 2 aromatic heterocycles. The van der Waals surface area contributed by atoms with Crippen LogP contribution in [0.2, 0.25) is 5.02 Å². The van der Waals surface area contributed by atoms with Crippen LogP contribution in [0.5, 0.6) is 0 Å². The average molecular weight is 280 g/mol. The molecule has 0 radical (unpaired) electrons. The number of anilines is 1. The van der Waals surface area contributed by atoms with Gasteiger partial charge in [0.15, 0.2) is 5.69 Å². The first kappa shape index (κ1) is 13.1. The molecule has 0 saturated heterocycles. The molecule has 0 spiro atoms. The Hall–Kier alpha value is -2.34. The standard InChI is InChI=1S/C12H10ClN3O3/c1-16-6-7(13)5-9(16)11(17)15-8-3-2-4-14-10(8)12(18)19/h2-6H,1H3,(H,15,17)(H,18,19). The molecule has 0 saturated carbocycles. The summed E-state index contributed by atoms with van der Waals surface area (Å²) in [5.74, 6) is -1.66. The molecule has 0 aliphatic heterocycles. The molecule has 1 amide bonds. The number of halogens is 1. The summed E-state index contributed by atoms with van der Waals surface area (Å²) in [6.45, 7) is 0. The lowest BCUT2D eigenvalue weighted by Gasteiger charge is -2.07.